The summed E-state index contributed by atoms with van der Waals surface area (Å²) in [5.74, 6) is 0.338. The molecule has 2 saturated heterocycles. The van der Waals surface area contributed by atoms with Crippen LogP contribution < -0.4 is 10.2 Å². The number of likely N-dealkylation sites (N-methyl/N-ethyl adjacent to an activating group) is 1. The Bertz CT molecular complexity index is 1060. The smallest absolute Gasteiger partial charge is 0.225 e. The van der Waals surface area contributed by atoms with E-state index in [0.717, 1.165) is 49.4 Å². The first kappa shape index (κ1) is 27.3. The van der Waals surface area contributed by atoms with Gasteiger partial charge in [0, 0.05) is 54.4 Å². The number of anilines is 2. The lowest BCUT2D eigenvalue weighted by atomic mass is 9.94. The molecular formula is C27H35Cl3N4O2. The third kappa shape index (κ3) is 6.78. The third-order valence-corrected chi connectivity index (χ3v) is 7.87. The van der Waals surface area contributed by atoms with E-state index in [1.54, 1.807) is 6.07 Å². The van der Waals surface area contributed by atoms with Crippen LogP contribution in [0.4, 0.5) is 11.4 Å². The van der Waals surface area contributed by atoms with Crippen molar-refractivity contribution in [2.24, 2.45) is 5.92 Å². The maximum absolute atomic E-state index is 13.2. The average molecular weight is 554 g/mol. The summed E-state index contributed by atoms with van der Waals surface area (Å²) in [6, 6.07) is 11.5. The molecule has 2 atom stereocenters. The highest BCUT2D eigenvalue weighted by atomic mass is 35.5. The summed E-state index contributed by atoms with van der Waals surface area (Å²) in [7, 11) is 4.07. The van der Waals surface area contributed by atoms with Gasteiger partial charge in [-0.25, -0.2) is 0 Å². The van der Waals surface area contributed by atoms with Crippen LogP contribution >= 0.6 is 34.8 Å². The van der Waals surface area contributed by atoms with E-state index in [1.807, 2.05) is 50.2 Å². The van der Waals surface area contributed by atoms with Gasteiger partial charge >= 0.3 is 0 Å². The summed E-state index contributed by atoms with van der Waals surface area (Å²) in [5.41, 5.74) is 2.91. The number of piperidine rings is 1. The van der Waals surface area contributed by atoms with Crippen molar-refractivity contribution in [3.8, 4) is 0 Å². The van der Waals surface area contributed by atoms with Crippen LogP contribution in [-0.4, -0.2) is 75.2 Å². The summed E-state index contributed by atoms with van der Waals surface area (Å²) in [6.45, 7) is 6.53. The van der Waals surface area contributed by atoms with Gasteiger partial charge < -0.3 is 24.8 Å². The topological polar surface area (TPSA) is 48.1 Å². The molecule has 1 N–H and O–H groups in total. The molecule has 1 amide bonds. The Morgan fingerprint density at radius 2 is 1.83 bits per heavy atom. The largest absolute Gasteiger partial charge is 0.377 e. The minimum atomic E-state index is -0.0456. The maximum Gasteiger partial charge on any atom is 0.225 e. The van der Waals surface area contributed by atoms with Crippen LogP contribution in [0.1, 0.15) is 31.4 Å². The van der Waals surface area contributed by atoms with Crippen molar-refractivity contribution in [3.63, 3.8) is 0 Å². The number of hydrogen-bond acceptors (Lipinski definition) is 5. The van der Waals surface area contributed by atoms with Gasteiger partial charge in [-0.3, -0.25) is 4.79 Å². The minimum absolute atomic E-state index is 0.0456. The summed E-state index contributed by atoms with van der Waals surface area (Å²) < 4.78 is 5.85. The van der Waals surface area contributed by atoms with Crippen molar-refractivity contribution >= 4 is 52.1 Å². The van der Waals surface area contributed by atoms with E-state index in [-0.39, 0.29) is 24.0 Å². The molecule has 2 unspecified atom stereocenters. The third-order valence-electron chi connectivity index (χ3n) is 6.98. The Balaban J connectivity index is 1.36. The van der Waals surface area contributed by atoms with Gasteiger partial charge in [-0.05, 0) is 69.8 Å². The molecule has 9 heteroatoms. The first-order valence-corrected chi connectivity index (χ1v) is 13.7. The Labute approximate surface area is 229 Å². The number of nitrogens with one attached hydrogen (secondary N) is 1. The molecule has 4 rings (SSSR count). The lowest BCUT2D eigenvalue weighted by Crippen LogP contribution is -2.51. The zero-order chi connectivity index (χ0) is 25.8. The molecule has 2 aliphatic rings. The van der Waals surface area contributed by atoms with Gasteiger partial charge in [-0.1, -0.05) is 40.9 Å². The highest BCUT2D eigenvalue weighted by molar-refractivity contribution is 6.35. The highest BCUT2D eigenvalue weighted by Crippen LogP contribution is 2.34. The number of rotatable bonds is 7. The predicted octanol–water partition coefficient (Wildman–Crippen LogP) is 5.83. The fourth-order valence-electron chi connectivity index (χ4n) is 5.06. The number of halogens is 3. The van der Waals surface area contributed by atoms with Crippen LogP contribution in [0.15, 0.2) is 36.4 Å². The van der Waals surface area contributed by atoms with E-state index >= 15 is 0 Å². The lowest BCUT2D eigenvalue weighted by Gasteiger charge is -2.39. The van der Waals surface area contributed by atoms with Gasteiger partial charge in [0.05, 0.1) is 29.5 Å². The SMILES string of the molecule is CC(Nc1cc(N2CCC(C(=O)N3CCOC(CN(C)C)C3)CC2)ccc1Cl)c1ccc(Cl)cc1Cl. The van der Waals surface area contributed by atoms with Gasteiger partial charge in [0.1, 0.15) is 0 Å². The minimum Gasteiger partial charge on any atom is -0.377 e. The normalized spacial score (nSPS) is 20.0. The summed E-state index contributed by atoms with van der Waals surface area (Å²) in [4.78, 5) is 19.7. The van der Waals surface area contributed by atoms with Crippen molar-refractivity contribution < 1.29 is 9.53 Å². The number of ether oxygens (including phenoxy) is 1. The van der Waals surface area contributed by atoms with Gasteiger partial charge in [-0.15, -0.1) is 0 Å². The predicted molar refractivity (Wildman–Crippen MR) is 150 cm³/mol. The molecule has 2 aromatic carbocycles. The van der Waals surface area contributed by atoms with Crippen molar-refractivity contribution in [2.45, 2.75) is 31.9 Å². The molecule has 0 radical (unpaired) electrons. The van der Waals surface area contributed by atoms with Gasteiger partial charge in [0.25, 0.3) is 0 Å². The van der Waals surface area contributed by atoms with E-state index in [4.69, 9.17) is 39.5 Å². The number of nitrogens with zero attached hydrogens (tertiary/aromatic N) is 3. The second-order valence-electron chi connectivity index (χ2n) is 10.00. The van der Waals surface area contributed by atoms with Crippen LogP contribution in [0, 0.1) is 5.92 Å². The molecule has 0 saturated carbocycles. The van der Waals surface area contributed by atoms with Crippen LogP contribution in [0.5, 0.6) is 0 Å². The zero-order valence-electron chi connectivity index (χ0n) is 21.1. The van der Waals surface area contributed by atoms with E-state index in [1.165, 1.54) is 0 Å². The number of carbonyl (C=O) groups is 1. The van der Waals surface area contributed by atoms with Crippen molar-refractivity contribution in [2.75, 3.05) is 63.6 Å². The molecule has 2 aliphatic heterocycles. The second-order valence-corrected chi connectivity index (χ2v) is 11.2. The molecular weight excluding hydrogens is 519 g/mol. The van der Waals surface area contributed by atoms with Gasteiger partial charge in [-0.2, -0.15) is 0 Å². The molecule has 36 heavy (non-hydrogen) atoms. The Morgan fingerprint density at radius 3 is 2.53 bits per heavy atom. The summed E-state index contributed by atoms with van der Waals surface area (Å²) in [5, 5.41) is 5.38. The Kier molecular flexibility index (Phi) is 9.29. The van der Waals surface area contributed by atoms with Crippen molar-refractivity contribution in [3.05, 3.63) is 57.0 Å². The molecule has 6 nitrogen and oxygen atoms in total. The number of carbonyl (C=O) groups excluding carboxylic acids is 1. The maximum atomic E-state index is 13.2. The molecule has 0 aromatic heterocycles. The van der Waals surface area contributed by atoms with E-state index in [2.05, 4.69) is 21.2 Å². The fourth-order valence-corrected chi connectivity index (χ4v) is 5.81. The van der Waals surface area contributed by atoms with E-state index in [0.29, 0.717) is 34.8 Å². The zero-order valence-corrected chi connectivity index (χ0v) is 23.4. The number of morpholine rings is 1. The second kappa shape index (κ2) is 12.2. The number of amides is 1. The monoisotopic (exact) mass is 552 g/mol. The van der Waals surface area contributed by atoms with Crippen LogP contribution in [0.25, 0.3) is 0 Å². The average Bonchev–Trinajstić information content (AvgIpc) is 2.85. The van der Waals surface area contributed by atoms with Gasteiger partial charge in [0.15, 0.2) is 0 Å². The van der Waals surface area contributed by atoms with Crippen LogP contribution in [0.2, 0.25) is 15.1 Å². The van der Waals surface area contributed by atoms with Gasteiger partial charge in [0.2, 0.25) is 5.91 Å². The van der Waals surface area contributed by atoms with Crippen LogP contribution in [0.3, 0.4) is 0 Å². The quantitative estimate of drug-likeness (QED) is 0.468. The van der Waals surface area contributed by atoms with Crippen molar-refractivity contribution in [1.82, 2.24) is 9.80 Å². The molecule has 0 spiro atoms. The summed E-state index contributed by atoms with van der Waals surface area (Å²) >= 11 is 19.0. The molecule has 2 aromatic rings. The highest BCUT2D eigenvalue weighted by Gasteiger charge is 2.32. The first-order valence-electron chi connectivity index (χ1n) is 12.5. The summed E-state index contributed by atoms with van der Waals surface area (Å²) in [6.07, 6.45) is 1.77. The number of hydrogen-bond donors (Lipinski definition) is 1. The number of benzene rings is 2. The van der Waals surface area contributed by atoms with E-state index in [9.17, 15) is 4.79 Å². The molecule has 2 fully saturated rings. The van der Waals surface area contributed by atoms with Crippen molar-refractivity contribution in [1.29, 1.82) is 0 Å². The standard InChI is InChI=1S/C27H35Cl3N4O2/c1-18(23-6-4-20(28)14-25(23)30)31-26-15-21(5-7-24(26)29)33-10-8-19(9-11-33)27(35)34-12-13-36-22(17-34)16-32(2)3/h4-7,14-15,18-19,22,31H,8-13,16-17H2,1-3H3. The molecule has 0 aliphatic carbocycles. The first-order chi connectivity index (χ1) is 17.2. The fraction of sp³-hybridized carbons (Fsp3) is 0.519. The van der Waals surface area contributed by atoms with Crippen LogP contribution in [-0.2, 0) is 9.53 Å². The van der Waals surface area contributed by atoms with E-state index < -0.39 is 0 Å². The molecule has 0 bridgehead atoms. The lowest BCUT2D eigenvalue weighted by molar-refractivity contribution is -0.144. The molecule has 196 valence electrons. The molecule has 2 heterocycles. The Morgan fingerprint density at radius 1 is 1.08 bits per heavy atom. The Hall–Kier alpha value is -1.70.